The molecule has 3 nitrogen and oxygen atoms in total. The lowest BCUT2D eigenvalue weighted by Gasteiger charge is -2.04. The maximum atomic E-state index is 11.0. The molecule has 0 aliphatic carbocycles. The van der Waals surface area contributed by atoms with Gasteiger partial charge >= 0.3 is 0 Å². The monoisotopic (exact) mass is 202 g/mol. The van der Waals surface area contributed by atoms with E-state index >= 15 is 0 Å². The summed E-state index contributed by atoms with van der Waals surface area (Å²) < 4.78 is 0. The lowest BCUT2D eigenvalue weighted by molar-refractivity contribution is -0.116. The third-order valence-corrected chi connectivity index (χ3v) is 2.55. The van der Waals surface area contributed by atoms with Crippen molar-refractivity contribution in [3.8, 4) is 0 Å². The predicted octanol–water partition coefficient (Wildman–Crippen LogP) is 1.09. The first-order chi connectivity index (χ1) is 7.29. The van der Waals surface area contributed by atoms with E-state index in [0.29, 0.717) is 6.54 Å². The molecule has 0 unspecified atom stereocenters. The number of nitrogens with one attached hydrogen (secondary N) is 2. The topological polar surface area (TPSA) is 41.1 Å². The van der Waals surface area contributed by atoms with Gasteiger partial charge in [0.1, 0.15) is 0 Å². The maximum Gasteiger partial charge on any atom is 0.243 e. The Balaban J connectivity index is 2.04. The van der Waals surface area contributed by atoms with Gasteiger partial charge in [-0.15, -0.1) is 0 Å². The van der Waals surface area contributed by atoms with Crippen LogP contribution in [0.5, 0.6) is 0 Å². The van der Waals surface area contributed by atoms with Crippen molar-refractivity contribution in [1.29, 1.82) is 0 Å². The highest BCUT2D eigenvalue weighted by molar-refractivity contribution is 5.86. The lowest BCUT2D eigenvalue weighted by Crippen LogP contribution is -2.19. The van der Waals surface area contributed by atoms with Crippen LogP contribution in [0.15, 0.2) is 30.9 Å². The molecule has 0 aromatic heterocycles. The number of rotatable bonds is 3. The fourth-order valence-electron chi connectivity index (χ4n) is 1.72. The Kier molecular flexibility index (Phi) is 2.83. The van der Waals surface area contributed by atoms with Gasteiger partial charge in [-0.25, -0.2) is 0 Å². The van der Waals surface area contributed by atoms with Crippen molar-refractivity contribution in [3.63, 3.8) is 0 Å². The van der Waals surface area contributed by atoms with Crippen molar-refractivity contribution in [2.45, 2.75) is 19.6 Å². The maximum absolute atomic E-state index is 11.0. The highest BCUT2D eigenvalue weighted by atomic mass is 16.1. The van der Waals surface area contributed by atoms with Gasteiger partial charge in [-0.3, -0.25) is 4.79 Å². The van der Waals surface area contributed by atoms with E-state index < -0.39 is 0 Å². The van der Waals surface area contributed by atoms with E-state index in [9.17, 15) is 4.79 Å². The molecule has 0 bridgehead atoms. The fourth-order valence-corrected chi connectivity index (χ4v) is 1.72. The molecule has 1 amide bonds. The van der Waals surface area contributed by atoms with E-state index in [1.54, 1.807) is 0 Å². The van der Waals surface area contributed by atoms with Crippen LogP contribution in [0, 0.1) is 0 Å². The van der Waals surface area contributed by atoms with Crippen LogP contribution in [0.1, 0.15) is 16.7 Å². The van der Waals surface area contributed by atoms with E-state index in [2.05, 4.69) is 35.4 Å². The van der Waals surface area contributed by atoms with E-state index in [0.717, 1.165) is 18.7 Å². The van der Waals surface area contributed by atoms with Crippen LogP contribution < -0.4 is 10.6 Å². The van der Waals surface area contributed by atoms with Gasteiger partial charge in [-0.1, -0.05) is 24.8 Å². The van der Waals surface area contributed by atoms with Gasteiger partial charge < -0.3 is 10.6 Å². The van der Waals surface area contributed by atoms with E-state index in [4.69, 9.17) is 0 Å². The van der Waals surface area contributed by atoms with Crippen molar-refractivity contribution in [1.82, 2.24) is 10.6 Å². The summed E-state index contributed by atoms with van der Waals surface area (Å²) in [6, 6.07) is 6.30. The molecular formula is C12H14N2O. The second-order valence-corrected chi connectivity index (χ2v) is 3.63. The molecule has 15 heavy (non-hydrogen) atoms. The quantitative estimate of drug-likeness (QED) is 0.720. The predicted molar refractivity (Wildman–Crippen MR) is 59.0 cm³/mol. The van der Waals surface area contributed by atoms with Crippen LogP contribution in [-0.2, 0) is 24.4 Å². The molecule has 1 aliphatic heterocycles. The zero-order valence-corrected chi connectivity index (χ0v) is 8.55. The summed E-state index contributed by atoms with van der Waals surface area (Å²) in [7, 11) is 0. The minimum Gasteiger partial charge on any atom is -0.348 e. The van der Waals surface area contributed by atoms with Gasteiger partial charge in [0.2, 0.25) is 5.91 Å². The summed E-state index contributed by atoms with van der Waals surface area (Å²) in [4.78, 5) is 11.0. The van der Waals surface area contributed by atoms with Crippen molar-refractivity contribution in [2.24, 2.45) is 0 Å². The molecule has 0 radical (unpaired) electrons. The molecule has 2 rings (SSSR count). The van der Waals surface area contributed by atoms with Gasteiger partial charge in [0.05, 0.1) is 0 Å². The fraction of sp³-hybridized carbons (Fsp3) is 0.250. The molecule has 0 saturated carbocycles. The summed E-state index contributed by atoms with van der Waals surface area (Å²) >= 11 is 0. The second kappa shape index (κ2) is 4.28. The summed E-state index contributed by atoms with van der Waals surface area (Å²) in [6.07, 6.45) is 1.29. The van der Waals surface area contributed by atoms with Crippen molar-refractivity contribution >= 4 is 5.91 Å². The Morgan fingerprint density at radius 1 is 1.47 bits per heavy atom. The number of hydrogen-bond acceptors (Lipinski definition) is 2. The van der Waals surface area contributed by atoms with Crippen LogP contribution in [0.4, 0.5) is 0 Å². The molecular weight excluding hydrogens is 188 g/mol. The van der Waals surface area contributed by atoms with Gasteiger partial charge in [0, 0.05) is 19.6 Å². The van der Waals surface area contributed by atoms with Crippen LogP contribution >= 0.6 is 0 Å². The molecule has 1 aromatic carbocycles. The van der Waals surface area contributed by atoms with Gasteiger partial charge in [0.25, 0.3) is 0 Å². The number of carbonyl (C=O) groups excluding carboxylic acids is 1. The minimum absolute atomic E-state index is 0.131. The standard InChI is InChI=1S/C12H14N2O/c1-2-12(15)14-6-9-3-4-10-7-13-8-11(10)5-9/h2-5,13H,1,6-8H2,(H,14,15). The largest absolute Gasteiger partial charge is 0.348 e. The number of fused-ring (bicyclic) bond motifs is 1. The van der Waals surface area contributed by atoms with Gasteiger partial charge in [-0.05, 0) is 22.8 Å². The summed E-state index contributed by atoms with van der Waals surface area (Å²) in [5.41, 5.74) is 3.82. The molecule has 78 valence electrons. The molecule has 0 fully saturated rings. The third kappa shape index (κ3) is 2.25. The van der Waals surface area contributed by atoms with Crippen LogP contribution in [-0.4, -0.2) is 5.91 Å². The average Bonchev–Trinajstić information content (AvgIpc) is 2.72. The summed E-state index contributed by atoms with van der Waals surface area (Å²) in [5.74, 6) is -0.131. The molecule has 1 heterocycles. The Morgan fingerprint density at radius 2 is 2.27 bits per heavy atom. The Hall–Kier alpha value is -1.61. The molecule has 3 heteroatoms. The van der Waals surface area contributed by atoms with Crippen molar-refractivity contribution in [3.05, 3.63) is 47.5 Å². The van der Waals surface area contributed by atoms with E-state index in [-0.39, 0.29) is 5.91 Å². The highest BCUT2D eigenvalue weighted by Crippen LogP contribution is 2.16. The molecule has 0 saturated heterocycles. The molecule has 0 spiro atoms. The van der Waals surface area contributed by atoms with Crippen molar-refractivity contribution in [2.75, 3.05) is 0 Å². The number of carbonyl (C=O) groups is 1. The number of benzene rings is 1. The Bertz CT molecular complexity index is 399. The zero-order chi connectivity index (χ0) is 10.7. The first kappa shape index (κ1) is 9.93. The number of amides is 1. The smallest absolute Gasteiger partial charge is 0.243 e. The van der Waals surface area contributed by atoms with Gasteiger partial charge in [-0.2, -0.15) is 0 Å². The lowest BCUT2D eigenvalue weighted by atomic mass is 10.1. The van der Waals surface area contributed by atoms with Crippen LogP contribution in [0.25, 0.3) is 0 Å². The summed E-state index contributed by atoms with van der Waals surface area (Å²) in [5, 5.41) is 6.05. The zero-order valence-electron chi connectivity index (χ0n) is 8.55. The number of hydrogen-bond donors (Lipinski definition) is 2. The first-order valence-corrected chi connectivity index (χ1v) is 5.01. The summed E-state index contributed by atoms with van der Waals surface area (Å²) in [6.45, 7) is 5.86. The minimum atomic E-state index is -0.131. The normalized spacial score (nSPS) is 13.3. The highest BCUT2D eigenvalue weighted by Gasteiger charge is 2.09. The molecule has 1 aromatic rings. The van der Waals surface area contributed by atoms with Crippen LogP contribution in [0.2, 0.25) is 0 Å². The molecule has 0 atom stereocenters. The van der Waals surface area contributed by atoms with Crippen molar-refractivity contribution < 1.29 is 4.79 Å². The van der Waals surface area contributed by atoms with Gasteiger partial charge in [0.15, 0.2) is 0 Å². The molecule has 1 aliphatic rings. The average molecular weight is 202 g/mol. The van der Waals surface area contributed by atoms with E-state index in [1.165, 1.54) is 17.2 Å². The second-order valence-electron chi connectivity index (χ2n) is 3.63. The first-order valence-electron chi connectivity index (χ1n) is 5.01. The third-order valence-electron chi connectivity index (χ3n) is 2.55. The SMILES string of the molecule is C=CC(=O)NCc1ccc2c(c1)CNC2. The van der Waals surface area contributed by atoms with E-state index in [1.807, 2.05) is 0 Å². The Labute approximate surface area is 89.2 Å². The van der Waals surface area contributed by atoms with Crippen LogP contribution in [0.3, 0.4) is 0 Å². The Morgan fingerprint density at radius 3 is 3.07 bits per heavy atom. The molecule has 2 N–H and O–H groups in total.